The molecule has 0 saturated carbocycles. The van der Waals surface area contributed by atoms with Crippen LogP contribution in [-0.2, 0) is 14.4 Å². The van der Waals surface area contributed by atoms with Crippen molar-refractivity contribution in [2.24, 2.45) is 11.0 Å². The van der Waals surface area contributed by atoms with Crippen LogP contribution in [0.3, 0.4) is 0 Å². The molecule has 3 amide bonds. The fourth-order valence-electron chi connectivity index (χ4n) is 2.60. The number of rotatable bonds is 11. The van der Waals surface area contributed by atoms with E-state index in [1.807, 2.05) is 20.8 Å². The molecule has 2 rings (SSSR count). The maximum atomic E-state index is 12.2. The standard InChI is InChI=1S/C24H30N4O6/c1-5-33-21-12-17(14-26-28-24(31)23(30)25-13-16(2)3)6-11-20(21)34-15-22(29)27-18-7-9-19(32-4)10-8-18/h6-12,14,16H,5,13,15H2,1-4H3,(H,25,30)(H,27,29)(H,28,31)/b26-14-. The number of hydrazone groups is 1. The Labute approximate surface area is 198 Å². The lowest BCUT2D eigenvalue weighted by Crippen LogP contribution is -2.39. The van der Waals surface area contributed by atoms with Crippen LogP contribution >= 0.6 is 0 Å². The van der Waals surface area contributed by atoms with Gasteiger partial charge in [0.05, 0.1) is 19.9 Å². The highest BCUT2D eigenvalue weighted by Crippen LogP contribution is 2.28. The number of nitrogens with one attached hydrogen (secondary N) is 3. The molecule has 2 aromatic carbocycles. The van der Waals surface area contributed by atoms with Gasteiger partial charge in [-0.1, -0.05) is 13.8 Å². The second-order valence-corrected chi connectivity index (χ2v) is 7.51. The molecule has 0 aliphatic heterocycles. The molecule has 0 fully saturated rings. The van der Waals surface area contributed by atoms with Crippen molar-refractivity contribution in [2.45, 2.75) is 20.8 Å². The fraction of sp³-hybridized carbons (Fsp3) is 0.333. The summed E-state index contributed by atoms with van der Waals surface area (Å²) in [5, 5.41) is 9.04. The first-order valence-electron chi connectivity index (χ1n) is 10.8. The molecular weight excluding hydrogens is 440 g/mol. The van der Waals surface area contributed by atoms with E-state index in [9.17, 15) is 14.4 Å². The van der Waals surface area contributed by atoms with Gasteiger partial charge >= 0.3 is 11.8 Å². The molecule has 0 atom stereocenters. The predicted molar refractivity (Wildman–Crippen MR) is 128 cm³/mol. The van der Waals surface area contributed by atoms with Gasteiger partial charge in [-0.2, -0.15) is 5.10 Å². The summed E-state index contributed by atoms with van der Waals surface area (Å²) in [6.07, 6.45) is 1.37. The highest BCUT2D eigenvalue weighted by Gasteiger charge is 2.13. The zero-order valence-electron chi connectivity index (χ0n) is 19.7. The highest BCUT2D eigenvalue weighted by molar-refractivity contribution is 6.35. The molecule has 3 N–H and O–H groups in total. The molecule has 0 bridgehead atoms. The summed E-state index contributed by atoms with van der Waals surface area (Å²) >= 11 is 0. The van der Waals surface area contributed by atoms with Crippen LogP contribution in [0.15, 0.2) is 47.6 Å². The predicted octanol–water partition coefficient (Wildman–Crippen LogP) is 2.33. The minimum absolute atomic E-state index is 0.221. The summed E-state index contributed by atoms with van der Waals surface area (Å²) in [5.41, 5.74) is 3.39. The Bertz CT molecular complexity index is 1010. The van der Waals surface area contributed by atoms with Gasteiger partial charge in [-0.3, -0.25) is 14.4 Å². The van der Waals surface area contributed by atoms with Gasteiger partial charge in [0.2, 0.25) is 0 Å². The van der Waals surface area contributed by atoms with Crippen molar-refractivity contribution in [1.82, 2.24) is 10.7 Å². The lowest BCUT2D eigenvalue weighted by Gasteiger charge is -2.13. The van der Waals surface area contributed by atoms with Crippen LogP contribution in [0.25, 0.3) is 0 Å². The normalized spacial score (nSPS) is 10.6. The number of benzene rings is 2. The molecular formula is C24H30N4O6. The number of nitrogens with zero attached hydrogens (tertiary/aromatic N) is 1. The Morgan fingerprint density at radius 3 is 2.38 bits per heavy atom. The maximum absolute atomic E-state index is 12.2. The Morgan fingerprint density at radius 1 is 1.00 bits per heavy atom. The van der Waals surface area contributed by atoms with Gasteiger partial charge in [-0.25, -0.2) is 5.43 Å². The Balaban J connectivity index is 1.93. The molecule has 182 valence electrons. The van der Waals surface area contributed by atoms with E-state index in [-0.39, 0.29) is 18.4 Å². The summed E-state index contributed by atoms with van der Waals surface area (Å²) in [7, 11) is 1.57. The average molecular weight is 471 g/mol. The molecule has 0 radical (unpaired) electrons. The molecule has 10 heteroatoms. The van der Waals surface area contributed by atoms with Crippen molar-refractivity contribution in [3.05, 3.63) is 48.0 Å². The fourth-order valence-corrected chi connectivity index (χ4v) is 2.60. The van der Waals surface area contributed by atoms with Crippen LogP contribution in [0.2, 0.25) is 0 Å². The van der Waals surface area contributed by atoms with E-state index in [0.29, 0.717) is 41.7 Å². The van der Waals surface area contributed by atoms with E-state index >= 15 is 0 Å². The van der Waals surface area contributed by atoms with E-state index < -0.39 is 11.8 Å². The first-order chi connectivity index (χ1) is 16.3. The highest BCUT2D eigenvalue weighted by atomic mass is 16.5. The molecule has 0 unspecified atom stereocenters. The topological polar surface area (TPSA) is 127 Å². The number of methoxy groups -OCH3 is 1. The van der Waals surface area contributed by atoms with Crippen LogP contribution < -0.4 is 30.3 Å². The molecule has 0 aliphatic carbocycles. The number of hydrogen-bond acceptors (Lipinski definition) is 7. The molecule has 0 saturated heterocycles. The first-order valence-corrected chi connectivity index (χ1v) is 10.8. The number of carbonyl (C=O) groups excluding carboxylic acids is 3. The minimum atomic E-state index is -0.857. The van der Waals surface area contributed by atoms with Crippen molar-refractivity contribution >= 4 is 29.6 Å². The van der Waals surface area contributed by atoms with Gasteiger partial charge in [0.25, 0.3) is 5.91 Å². The zero-order chi connectivity index (χ0) is 24.9. The van der Waals surface area contributed by atoms with E-state index in [2.05, 4.69) is 21.2 Å². The lowest BCUT2D eigenvalue weighted by molar-refractivity contribution is -0.139. The van der Waals surface area contributed by atoms with Crippen LogP contribution in [0, 0.1) is 5.92 Å². The molecule has 34 heavy (non-hydrogen) atoms. The SMILES string of the molecule is CCOc1cc(/C=N\NC(=O)C(=O)NCC(C)C)ccc1OCC(=O)Nc1ccc(OC)cc1. The van der Waals surface area contributed by atoms with Gasteiger partial charge in [0.15, 0.2) is 18.1 Å². The Hall–Kier alpha value is -4.08. The third-order valence-corrected chi connectivity index (χ3v) is 4.26. The van der Waals surface area contributed by atoms with Gasteiger partial charge < -0.3 is 24.8 Å². The smallest absolute Gasteiger partial charge is 0.329 e. The third-order valence-electron chi connectivity index (χ3n) is 4.26. The molecule has 0 aliphatic rings. The average Bonchev–Trinajstić information content (AvgIpc) is 2.82. The van der Waals surface area contributed by atoms with Crippen molar-refractivity contribution in [2.75, 3.05) is 32.2 Å². The second kappa shape index (κ2) is 13.5. The number of ether oxygens (including phenoxy) is 3. The van der Waals surface area contributed by atoms with Crippen LogP contribution in [0.5, 0.6) is 17.2 Å². The second-order valence-electron chi connectivity index (χ2n) is 7.51. The van der Waals surface area contributed by atoms with E-state index in [4.69, 9.17) is 14.2 Å². The molecule has 2 aromatic rings. The summed E-state index contributed by atoms with van der Waals surface area (Å²) in [4.78, 5) is 35.6. The summed E-state index contributed by atoms with van der Waals surface area (Å²) in [6.45, 7) is 6.22. The third kappa shape index (κ3) is 8.81. The van der Waals surface area contributed by atoms with Gasteiger partial charge in [0.1, 0.15) is 5.75 Å². The van der Waals surface area contributed by atoms with Gasteiger partial charge in [0, 0.05) is 12.2 Å². The van der Waals surface area contributed by atoms with Crippen molar-refractivity contribution in [3.63, 3.8) is 0 Å². The zero-order valence-corrected chi connectivity index (χ0v) is 19.7. The van der Waals surface area contributed by atoms with Crippen molar-refractivity contribution in [1.29, 1.82) is 0 Å². The van der Waals surface area contributed by atoms with Crippen LogP contribution in [0.4, 0.5) is 5.69 Å². The summed E-state index contributed by atoms with van der Waals surface area (Å²) in [5.74, 6) is -0.246. The summed E-state index contributed by atoms with van der Waals surface area (Å²) in [6, 6.07) is 11.9. The van der Waals surface area contributed by atoms with E-state index in [1.54, 1.807) is 49.6 Å². The molecule has 0 heterocycles. The van der Waals surface area contributed by atoms with Crippen molar-refractivity contribution < 1.29 is 28.6 Å². The first kappa shape index (κ1) is 26.2. The molecule has 0 aromatic heterocycles. The number of anilines is 1. The largest absolute Gasteiger partial charge is 0.497 e. The number of amides is 3. The quantitative estimate of drug-likeness (QED) is 0.263. The maximum Gasteiger partial charge on any atom is 0.329 e. The van der Waals surface area contributed by atoms with Gasteiger partial charge in [-0.15, -0.1) is 0 Å². The van der Waals surface area contributed by atoms with Crippen LogP contribution in [-0.4, -0.2) is 50.8 Å². The molecule has 10 nitrogen and oxygen atoms in total. The number of hydrogen-bond donors (Lipinski definition) is 3. The van der Waals surface area contributed by atoms with Crippen LogP contribution in [0.1, 0.15) is 26.3 Å². The Morgan fingerprint density at radius 2 is 1.74 bits per heavy atom. The monoisotopic (exact) mass is 470 g/mol. The lowest BCUT2D eigenvalue weighted by atomic mass is 10.2. The minimum Gasteiger partial charge on any atom is -0.497 e. The van der Waals surface area contributed by atoms with Gasteiger partial charge in [-0.05, 0) is 60.9 Å². The Kier molecular flexibility index (Phi) is 10.4. The summed E-state index contributed by atoms with van der Waals surface area (Å²) < 4.78 is 16.3. The van der Waals surface area contributed by atoms with E-state index in [0.717, 1.165) is 0 Å². The van der Waals surface area contributed by atoms with E-state index in [1.165, 1.54) is 6.21 Å². The molecule has 0 spiro atoms. The van der Waals surface area contributed by atoms with Crippen molar-refractivity contribution in [3.8, 4) is 17.2 Å². The number of carbonyl (C=O) groups is 3.